The Hall–Kier alpha value is -1.33. The molecule has 0 amide bonds. The zero-order chi connectivity index (χ0) is 15.8. The molecule has 0 radical (unpaired) electrons. The molecule has 0 spiro atoms. The van der Waals surface area contributed by atoms with E-state index in [4.69, 9.17) is 14.0 Å². The Morgan fingerprint density at radius 3 is 2.33 bits per heavy atom. The van der Waals surface area contributed by atoms with Crippen LogP contribution in [0.5, 0.6) is 5.75 Å². The van der Waals surface area contributed by atoms with E-state index in [0.29, 0.717) is 17.8 Å². The largest absolute Gasteiger partial charge is 0.498 e. The SMILES string of the molecule is C=C(C)COc1cc(F)ccc1B1OC(C)(C)C(C)(C)O1. The van der Waals surface area contributed by atoms with E-state index in [1.807, 2.05) is 34.6 Å². The van der Waals surface area contributed by atoms with Gasteiger partial charge in [0, 0.05) is 11.5 Å². The summed E-state index contributed by atoms with van der Waals surface area (Å²) in [6, 6.07) is 4.38. The fourth-order valence-corrected chi connectivity index (χ4v) is 2.00. The summed E-state index contributed by atoms with van der Waals surface area (Å²) in [4.78, 5) is 0. The van der Waals surface area contributed by atoms with Gasteiger partial charge in [-0.15, -0.1) is 0 Å². The summed E-state index contributed by atoms with van der Waals surface area (Å²) >= 11 is 0. The molecular formula is C16H22BFO3. The predicted molar refractivity (Wildman–Crippen MR) is 82.4 cm³/mol. The zero-order valence-electron chi connectivity index (χ0n) is 13.3. The smallest absolute Gasteiger partial charge is 0.490 e. The lowest BCUT2D eigenvalue weighted by molar-refractivity contribution is 0.00578. The van der Waals surface area contributed by atoms with Crippen molar-refractivity contribution in [3.8, 4) is 5.75 Å². The highest BCUT2D eigenvalue weighted by atomic mass is 19.1. The maximum Gasteiger partial charge on any atom is 0.498 e. The minimum absolute atomic E-state index is 0.329. The molecule has 0 atom stereocenters. The van der Waals surface area contributed by atoms with Gasteiger partial charge < -0.3 is 14.0 Å². The quantitative estimate of drug-likeness (QED) is 0.630. The summed E-state index contributed by atoms with van der Waals surface area (Å²) in [5.41, 5.74) is 0.658. The average Bonchev–Trinajstić information content (AvgIpc) is 2.55. The average molecular weight is 292 g/mol. The first-order valence-corrected chi connectivity index (χ1v) is 7.05. The topological polar surface area (TPSA) is 27.7 Å². The molecule has 5 heteroatoms. The summed E-state index contributed by atoms with van der Waals surface area (Å²) < 4.78 is 31.1. The Morgan fingerprint density at radius 1 is 1.24 bits per heavy atom. The lowest BCUT2D eigenvalue weighted by atomic mass is 9.78. The van der Waals surface area contributed by atoms with Gasteiger partial charge in [0.25, 0.3) is 0 Å². The number of benzene rings is 1. The Kier molecular flexibility index (Phi) is 4.18. The molecule has 1 aromatic carbocycles. The van der Waals surface area contributed by atoms with E-state index in [1.165, 1.54) is 12.1 Å². The highest BCUT2D eigenvalue weighted by Crippen LogP contribution is 2.37. The Balaban J connectivity index is 2.30. The van der Waals surface area contributed by atoms with Gasteiger partial charge >= 0.3 is 7.12 Å². The summed E-state index contributed by atoms with van der Waals surface area (Å²) in [5.74, 6) is 0.0727. The summed E-state index contributed by atoms with van der Waals surface area (Å²) in [6.07, 6.45) is 0. The fourth-order valence-electron chi connectivity index (χ4n) is 2.00. The monoisotopic (exact) mass is 292 g/mol. The second-order valence-electron chi connectivity index (χ2n) is 6.52. The van der Waals surface area contributed by atoms with E-state index >= 15 is 0 Å². The molecule has 2 rings (SSSR count). The molecule has 0 N–H and O–H groups in total. The zero-order valence-corrected chi connectivity index (χ0v) is 13.3. The van der Waals surface area contributed by atoms with Crippen molar-refractivity contribution >= 4 is 12.6 Å². The van der Waals surface area contributed by atoms with E-state index in [1.54, 1.807) is 6.07 Å². The summed E-state index contributed by atoms with van der Waals surface area (Å²) in [7, 11) is -0.573. The highest BCUT2D eigenvalue weighted by molar-refractivity contribution is 6.63. The molecule has 114 valence electrons. The molecule has 1 aromatic rings. The highest BCUT2D eigenvalue weighted by Gasteiger charge is 2.52. The van der Waals surface area contributed by atoms with Gasteiger partial charge in [0.05, 0.1) is 11.2 Å². The standard InChI is InChI=1S/C16H22BFO3/c1-11(2)10-19-14-9-12(18)7-8-13(14)17-20-15(3,4)16(5,6)21-17/h7-9H,1,10H2,2-6H3. The van der Waals surface area contributed by atoms with Crippen LogP contribution in [-0.4, -0.2) is 24.9 Å². The first-order chi connectivity index (χ1) is 9.62. The lowest BCUT2D eigenvalue weighted by Crippen LogP contribution is -2.41. The van der Waals surface area contributed by atoms with Crippen molar-refractivity contribution in [2.24, 2.45) is 0 Å². The van der Waals surface area contributed by atoms with Gasteiger partial charge in [-0.25, -0.2) is 4.39 Å². The number of halogens is 1. The molecular weight excluding hydrogens is 270 g/mol. The third-order valence-electron chi connectivity index (χ3n) is 3.96. The van der Waals surface area contributed by atoms with E-state index < -0.39 is 18.3 Å². The van der Waals surface area contributed by atoms with Gasteiger partial charge in [0.2, 0.25) is 0 Å². The van der Waals surface area contributed by atoms with Gasteiger partial charge in [0.15, 0.2) is 0 Å². The van der Waals surface area contributed by atoms with Crippen molar-refractivity contribution in [3.63, 3.8) is 0 Å². The molecule has 0 aliphatic carbocycles. The Morgan fingerprint density at radius 2 is 1.81 bits per heavy atom. The van der Waals surface area contributed by atoms with Gasteiger partial charge in [-0.1, -0.05) is 12.6 Å². The molecule has 1 aliphatic rings. The van der Waals surface area contributed by atoms with E-state index in [0.717, 1.165) is 5.57 Å². The van der Waals surface area contributed by atoms with Crippen LogP contribution in [0.1, 0.15) is 34.6 Å². The van der Waals surface area contributed by atoms with Crippen LogP contribution in [0.15, 0.2) is 30.4 Å². The third kappa shape index (κ3) is 3.30. The van der Waals surface area contributed by atoms with Crippen molar-refractivity contribution < 1.29 is 18.4 Å². The molecule has 0 saturated carbocycles. The van der Waals surface area contributed by atoms with E-state index in [9.17, 15) is 4.39 Å². The third-order valence-corrected chi connectivity index (χ3v) is 3.96. The maximum absolute atomic E-state index is 13.5. The summed E-state index contributed by atoms with van der Waals surface area (Å²) in [5, 5.41) is 0. The minimum Gasteiger partial charge on any atom is -0.490 e. The first kappa shape index (κ1) is 16.1. The van der Waals surface area contributed by atoms with Gasteiger partial charge in [0.1, 0.15) is 18.2 Å². The fraction of sp³-hybridized carbons (Fsp3) is 0.500. The first-order valence-electron chi connectivity index (χ1n) is 7.05. The van der Waals surface area contributed by atoms with E-state index in [2.05, 4.69) is 6.58 Å². The molecule has 0 bridgehead atoms. The number of hydrogen-bond acceptors (Lipinski definition) is 3. The van der Waals surface area contributed by atoms with Crippen LogP contribution in [-0.2, 0) is 9.31 Å². The van der Waals surface area contributed by atoms with E-state index in [-0.39, 0.29) is 5.82 Å². The van der Waals surface area contributed by atoms with Crippen LogP contribution in [0.4, 0.5) is 4.39 Å². The van der Waals surface area contributed by atoms with Crippen LogP contribution in [0.25, 0.3) is 0 Å². The molecule has 1 fully saturated rings. The second-order valence-corrected chi connectivity index (χ2v) is 6.52. The maximum atomic E-state index is 13.5. The molecule has 21 heavy (non-hydrogen) atoms. The van der Waals surface area contributed by atoms with Crippen molar-refractivity contribution in [1.29, 1.82) is 0 Å². The normalized spacial score (nSPS) is 19.6. The van der Waals surface area contributed by atoms with Gasteiger partial charge in [-0.3, -0.25) is 0 Å². The van der Waals surface area contributed by atoms with Crippen LogP contribution >= 0.6 is 0 Å². The minimum atomic E-state index is -0.573. The number of ether oxygens (including phenoxy) is 1. The van der Waals surface area contributed by atoms with Crippen molar-refractivity contribution in [2.75, 3.05) is 6.61 Å². The van der Waals surface area contributed by atoms with Crippen molar-refractivity contribution in [2.45, 2.75) is 45.8 Å². The van der Waals surface area contributed by atoms with Crippen LogP contribution in [0.2, 0.25) is 0 Å². The number of hydrogen-bond donors (Lipinski definition) is 0. The Labute approximate surface area is 126 Å². The molecule has 0 unspecified atom stereocenters. The lowest BCUT2D eigenvalue weighted by Gasteiger charge is -2.32. The molecule has 0 aromatic heterocycles. The molecule has 1 heterocycles. The second kappa shape index (κ2) is 5.46. The predicted octanol–water partition coefficient (Wildman–Crippen LogP) is 3.08. The van der Waals surface area contributed by atoms with Crippen molar-refractivity contribution in [1.82, 2.24) is 0 Å². The van der Waals surface area contributed by atoms with Crippen molar-refractivity contribution in [3.05, 3.63) is 36.2 Å². The van der Waals surface area contributed by atoms with Gasteiger partial charge in [-0.2, -0.15) is 0 Å². The summed E-state index contributed by atoms with van der Waals surface area (Å²) in [6.45, 7) is 13.9. The van der Waals surface area contributed by atoms with Crippen LogP contribution < -0.4 is 10.2 Å². The number of rotatable bonds is 4. The van der Waals surface area contributed by atoms with Gasteiger partial charge in [-0.05, 0) is 46.3 Å². The van der Waals surface area contributed by atoms with Crippen LogP contribution in [0.3, 0.4) is 0 Å². The molecule has 1 saturated heterocycles. The van der Waals surface area contributed by atoms with Crippen LogP contribution in [0, 0.1) is 5.82 Å². The molecule has 3 nitrogen and oxygen atoms in total. The Bertz CT molecular complexity index is 538. The molecule has 1 aliphatic heterocycles.